The van der Waals surface area contributed by atoms with E-state index in [0.29, 0.717) is 13.1 Å². The van der Waals surface area contributed by atoms with Gasteiger partial charge in [0.25, 0.3) is 5.91 Å². The molecule has 0 aromatic carbocycles. The Morgan fingerprint density at radius 1 is 1.17 bits per heavy atom. The van der Waals surface area contributed by atoms with Gasteiger partial charge in [-0.05, 0) is 33.1 Å². The molecular formula is C17H31N3O4. The van der Waals surface area contributed by atoms with E-state index in [1.165, 1.54) is 7.11 Å². The molecule has 24 heavy (non-hydrogen) atoms. The highest BCUT2D eigenvalue weighted by atomic mass is 16.5. The molecule has 2 fully saturated rings. The van der Waals surface area contributed by atoms with Crippen LogP contribution in [-0.4, -0.2) is 83.8 Å². The van der Waals surface area contributed by atoms with Gasteiger partial charge >= 0.3 is 0 Å². The number of piperazine rings is 1. The normalized spacial score (nSPS) is 29.4. The highest BCUT2D eigenvalue weighted by Crippen LogP contribution is 2.25. The highest BCUT2D eigenvalue weighted by molar-refractivity contribution is 5.84. The number of carbonyl (C=O) groups is 2. The fraction of sp³-hybridized carbons (Fsp3) is 0.882. The minimum absolute atomic E-state index is 0.0313. The molecule has 0 bridgehead atoms. The van der Waals surface area contributed by atoms with E-state index < -0.39 is 11.7 Å². The summed E-state index contributed by atoms with van der Waals surface area (Å²) in [5.41, 5.74) is -0.903. The molecule has 0 aromatic heterocycles. The van der Waals surface area contributed by atoms with Gasteiger partial charge in [0.15, 0.2) is 0 Å². The third kappa shape index (κ3) is 4.26. The molecule has 1 heterocycles. The summed E-state index contributed by atoms with van der Waals surface area (Å²) in [5, 5.41) is 13.7. The molecule has 2 aliphatic rings. The van der Waals surface area contributed by atoms with Crippen LogP contribution in [-0.2, 0) is 14.3 Å². The van der Waals surface area contributed by atoms with Crippen molar-refractivity contribution >= 4 is 11.8 Å². The maximum absolute atomic E-state index is 12.3. The lowest BCUT2D eigenvalue weighted by molar-refractivity contribution is -0.142. The SMILES string of the molecule is COC(C)(C)C(=O)N[C@@H]1CCC[C@@H](N2CCN(C(C)=O)CC2)[C@@H]1O. The average Bonchev–Trinajstić information content (AvgIpc) is 2.56. The zero-order chi connectivity index (χ0) is 17.9. The van der Waals surface area contributed by atoms with Crippen LogP contribution < -0.4 is 5.32 Å². The molecule has 1 saturated heterocycles. The van der Waals surface area contributed by atoms with Crippen LogP contribution in [0.5, 0.6) is 0 Å². The molecule has 0 unspecified atom stereocenters. The number of carbonyl (C=O) groups excluding carboxylic acids is 2. The predicted molar refractivity (Wildman–Crippen MR) is 90.5 cm³/mol. The molecule has 3 atom stereocenters. The van der Waals surface area contributed by atoms with E-state index in [1.54, 1.807) is 20.8 Å². The summed E-state index contributed by atoms with van der Waals surface area (Å²) < 4.78 is 5.21. The standard InChI is InChI=1S/C17H31N3O4/c1-12(21)19-8-10-20(11-9-19)14-7-5-6-13(15(14)22)18-16(23)17(2,3)24-4/h13-15,22H,5-11H2,1-4H3,(H,18,23)/t13-,14-,15-/m1/s1. The van der Waals surface area contributed by atoms with E-state index >= 15 is 0 Å². The third-order valence-electron chi connectivity index (χ3n) is 5.42. The molecular weight excluding hydrogens is 310 g/mol. The number of hydrogen-bond acceptors (Lipinski definition) is 5. The van der Waals surface area contributed by atoms with Gasteiger partial charge in [0.05, 0.1) is 12.1 Å². The fourth-order valence-electron chi connectivity index (χ4n) is 3.52. The highest BCUT2D eigenvalue weighted by Gasteiger charge is 2.39. The third-order valence-corrected chi connectivity index (χ3v) is 5.42. The quantitative estimate of drug-likeness (QED) is 0.751. The second-order valence-electron chi connectivity index (χ2n) is 7.33. The Morgan fingerprint density at radius 3 is 2.33 bits per heavy atom. The molecule has 2 N–H and O–H groups in total. The number of methoxy groups -OCH3 is 1. The number of nitrogens with zero attached hydrogens (tertiary/aromatic N) is 2. The number of aliphatic hydroxyl groups excluding tert-OH is 1. The van der Waals surface area contributed by atoms with Crippen molar-refractivity contribution in [3.05, 3.63) is 0 Å². The van der Waals surface area contributed by atoms with Crippen LogP contribution in [0.4, 0.5) is 0 Å². The summed E-state index contributed by atoms with van der Waals surface area (Å²) >= 11 is 0. The Morgan fingerprint density at radius 2 is 1.79 bits per heavy atom. The molecule has 2 amide bonds. The van der Waals surface area contributed by atoms with Crippen molar-refractivity contribution in [1.29, 1.82) is 0 Å². The lowest BCUT2D eigenvalue weighted by Crippen LogP contribution is -2.61. The second-order valence-corrected chi connectivity index (χ2v) is 7.33. The first-order valence-corrected chi connectivity index (χ1v) is 8.80. The molecule has 0 spiro atoms. The molecule has 0 radical (unpaired) electrons. The van der Waals surface area contributed by atoms with Gasteiger partial charge < -0.3 is 20.1 Å². The number of hydrogen-bond donors (Lipinski definition) is 2. The van der Waals surface area contributed by atoms with Crippen LogP contribution in [0.15, 0.2) is 0 Å². The Labute approximate surface area is 144 Å². The molecule has 1 saturated carbocycles. The number of aliphatic hydroxyl groups is 1. The minimum atomic E-state index is -0.903. The van der Waals surface area contributed by atoms with Crippen LogP contribution in [0.2, 0.25) is 0 Å². The number of nitrogens with one attached hydrogen (secondary N) is 1. The summed E-state index contributed by atoms with van der Waals surface area (Å²) in [6.45, 7) is 7.97. The van der Waals surface area contributed by atoms with E-state index in [2.05, 4.69) is 10.2 Å². The van der Waals surface area contributed by atoms with Crippen molar-refractivity contribution in [3.8, 4) is 0 Å². The second kappa shape index (κ2) is 7.80. The monoisotopic (exact) mass is 341 g/mol. The van der Waals surface area contributed by atoms with Gasteiger partial charge in [-0.1, -0.05) is 0 Å². The first kappa shape index (κ1) is 19.1. The first-order chi connectivity index (χ1) is 11.3. The van der Waals surface area contributed by atoms with Gasteiger partial charge in [0.1, 0.15) is 5.60 Å². The maximum atomic E-state index is 12.3. The van der Waals surface area contributed by atoms with Gasteiger partial charge in [-0.25, -0.2) is 0 Å². The smallest absolute Gasteiger partial charge is 0.251 e. The van der Waals surface area contributed by atoms with Crippen molar-refractivity contribution in [1.82, 2.24) is 15.1 Å². The summed E-state index contributed by atoms with van der Waals surface area (Å²) in [5.74, 6) is -0.0955. The van der Waals surface area contributed by atoms with Gasteiger partial charge in [0, 0.05) is 46.3 Å². The summed E-state index contributed by atoms with van der Waals surface area (Å²) in [4.78, 5) is 27.8. The summed E-state index contributed by atoms with van der Waals surface area (Å²) in [6.07, 6.45) is 2.06. The first-order valence-electron chi connectivity index (χ1n) is 8.80. The van der Waals surface area contributed by atoms with Crippen LogP contribution in [0.3, 0.4) is 0 Å². The molecule has 138 valence electrons. The molecule has 7 heteroatoms. The van der Waals surface area contributed by atoms with Crippen LogP contribution >= 0.6 is 0 Å². The van der Waals surface area contributed by atoms with Crippen LogP contribution in [0, 0.1) is 0 Å². The van der Waals surface area contributed by atoms with Crippen molar-refractivity contribution in [3.63, 3.8) is 0 Å². The minimum Gasteiger partial charge on any atom is -0.389 e. The Bertz CT molecular complexity index is 461. The van der Waals surface area contributed by atoms with Gasteiger partial charge in [-0.3, -0.25) is 14.5 Å². The van der Waals surface area contributed by atoms with E-state index in [9.17, 15) is 14.7 Å². The van der Waals surface area contributed by atoms with E-state index in [1.807, 2.05) is 4.90 Å². The van der Waals surface area contributed by atoms with Crippen LogP contribution in [0.1, 0.15) is 40.0 Å². The van der Waals surface area contributed by atoms with Gasteiger partial charge in [-0.2, -0.15) is 0 Å². The van der Waals surface area contributed by atoms with E-state index in [-0.39, 0.29) is 23.9 Å². The zero-order valence-corrected chi connectivity index (χ0v) is 15.2. The Kier molecular flexibility index (Phi) is 6.22. The number of ether oxygens (including phenoxy) is 1. The molecule has 1 aliphatic heterocycles. The van der Waals surface area contributed by atoms with Gasteiger partial charge in [-0.15, -0.1) is 0 Å². The van der Waals surface area contributed by atoms with E-state index in [0.717, 1.165) is 32.4 Å². The Hall–Kier alpha value is -1.18. The fourth-order valence-corrected chi connectivity index (χ4v) is 3.52. The van der Waals surface area contributed by atoms with Crippen molar-refractivity contribution in [2.45, 2.75) is 63.8 Å². The number of amides is 2. The lowest BCUT2D eigenvalue weighted by Gasteiger charge is -2.45. The van der Waals surface area contributed by atoms with Crippen molar-refractivity contribution in [2.24, 2.45) is 0 Å². The average molecular weight is 341 g/mol. The molecule has 1 aliphatic carbocycles. The number of rotatable bonds is 4. The zero-order valence-electron chi connectivity index (χ0n) is 15.2. The predicted octanol–water partition coefficient (Wildman–Crippen LogP) is -0.0263. The van der Waals surface area contributed by atoms with Gasteiger partial charge in [0.2, 0.25) is 5.91 Å². The summed E-state index contributed by atoms with van der Waals surface area (Å²) in [7, 11) is 1.51. The lowest BCUT2D eigenvalue weighted by atomic mass is 9.86. The van der Waals surface area contributed by atoms with E-state index in [4.69, 9.17) is 4.74 Å². The molecule has 7 nitrogen and oxygen atoms in total. The molecule has 2 rings (SSSR count). The molecule has 0 aromatic rings. The largest absolute Gasteiger partial charge is 0.389 e. The van der Waals surface area contributed by atoms with Crippen molar-refractivity contribution < 1.29 is 19.4 Å². The maximum Gasteiger partial charge on any atom is 0.251 e. The summed E-state index contributed by atoms with van der Waals surface area (Å²) in [6, 6.07) is -0.222. The Balaban J connectivity index is 1.94. The van der Waals surface area contributed by atoms with Crippen LogP contribution in [0.25, 0.3) is 0 Å². The topological polar surface area (TPSA) is 82.1 Å². The van der Waals surface area contributed by atoms with Crippen molar-refractivity contribution in [2.75, 3.05) is 33.3 Å².